The van der Waals surface area contributed by atoms with Crippen molar-refractivity contribution in [1.29, 1.82) is 0 Å². The second kappa shape index (κ2) is 4.69. The molecule has 1 rings (SSSR count). The van der Waals surface area contributed by atoms with E-state index in [9.17, 15) is 4.79 Å². The molecule has 1 aliphatic heterocycles. The molecule has 0 radical (unpaired) electrons. The summed E-state index contributed by atoms with van der Waals surface area (Å²) in [5.41, 5.74) is 10.9. The van der Waals surface area contributed by atoms with Gasteiger partial charge in [-0.15, -0.1) is 11.8 Å². The van der Waals surface area contributed by atoms with Crippen LogP contribution in [0.5, 0.6) is 0 Å². The minimum absolute atomic E-state index is 0.0467. The van der Waals surface area contributed by atoms with E-state index < -0.39 is 6.04 Å². The van der Waals surface area contributed by atoms with Crippen molar-refractivity contribution in [2.45, 2.75) is 12.5 Å². The minimum Gasteiger partial charge on any atom is -0.331 e. The van der Waals surface area contributed by atoms with E-state index in [1.165, 1.54) is 0 Å². The van der Waals surface area contributed by atoms with Gasteiger partial charge in [0.05, 0.1) is 11.9 Å². The van der Waals surface area contributed by atoms with Crippen LogP contribution in [0.3, 0.4) is 0 Å². The van der Waals surface area contributed by atoms with Crippen LogP contribution in [0.4, 0.5) is 0 Å². The molecule has 4 nitrogen and oxygen atoms in total. The first kappa shape index (κ1) is 9.83. The molecule has 0 saturated carbocycles. The van der Waals surface area contributed by atoms with Crippen LogP contribution < -0.4 is 11.5 Å². The van der Waals surface area contributed by atoms with Crippen LogP contribution in [-0.4, -0.2) is 41.6 Å². The highest BCUT2D eigenvalue weighted by Crippen LogP contribution is 2.14. The van der Waals surface area contributed by atoms with Gasteiger partial charge in [0.15, 0.2) is 0 Å². The van der Waals surface area contributed by atoms with E-state index in [1.54, 1.807) is 16.7 Å². The van der Waals surface area contributed by atoms with Gasteiger partial charge in [-0.25, -0.2) is 0 Å². The fourth-order valence-electron chi connectivity index (χ4n) is 1.13. The first-order valence-electron chi connectivity index (χ1n) is 4.08. The maximum atomic E-state index is 11.5. The molecule has 1 saturated heterocycles. The Morgan fingerprint density at radius 1 is 1.67 bits per heavy atom. The van der Waals surface area contributed by atoms with Crippen LogP contribution in [-0.2, 0) is 4.79 Å². The van der Waals surface area contributed by atoms with Crippen LogP contribution in [0, 0.1) is 0 Å². The maximum Gasteiger partial charge on any atom is 0.240 e. The molecule has 5 heteroatoms. The van der Waals surface area contributed by atoms with Gasteiger partial charge in [-0.05, 0) is 13.0 Å². The number of nitrogens with two attached hydrogens (primary N) is 2. The van der Waals surface area contributed by atoms with E-state index in [0.717, 1.165) is 18.2 Å². The number of hydrogen-bond donors (Lipinski definition) is 2. The number of nitrogens with zero attached hydrogens (tertiary/aromatic N) is 1. The Bertz CT molecular complexity index is 159. The van der Waals surface area contributed by atoms with Gasteiger partial charge >= 0.3 is 0 Å². The SMILES string of the molecule is NCC[C@H](N)C(=O)N1CCSC1. The molecule has 1 amide bonds. The summed E-state index contributed by atoms with van der Waals surface area (Å²) in [5.74, 6) is 1.86. The van der Waals surface area contributed by atoms with Gasteiger partial charge in [0.1, 0.15) is 0 Å². The Balaban J connectivity index is 2.34. The van der Waals surface area contributed by atoms with Crippen molar-refractivity contribution in [3.8, 4) is 0 Å². The first-order chi connectivity index (χ1) is 5.75. The quantitative estimate of drug-likeness (QED) is 0.609. The van der Waals surface area contributed by atoms with Gasteiger partial charge in [-0.3, -0.25) is 4.79 Å². The largest absolute Gasteiger partial charge is 0.331 e. The van der Waals surface area contributed by atoms with Crippen LogP contribution in [0.1, 0.15) is 6.42 Å². The summed E-state index contributed by atoms with van der Waals surface area (Å²) in [6, 6.07) is -0.395. The Morgan fingerprint density at radius 3 is 2.92 bits per heavy atom. The van der Waals surface area contributed by atoms with Crippen molar-refractivity contribution < 1.29 is 4.79 Å². The second-order valence-electron chi connectivity index (χ2n) is 2.82. The number of rotatable bonds is 3. The summed E-state index contributed by atoms with van der Waals surface area (Å²) in [4.78, 5) is 13.3. The molecular weight excluding hydrogens is 174 g/mol. The standard InChI is InChI=1S/C7H15N3OS/c8-2-1-6(9)7(11)10-3-4-12-5-10/h6H,1-5,8-9H2/t6-/m0/s1. The fraction of sp³-hybridized carbons (Fsp3) is 0.857. The lowest BCUT2D eigenvalue weighted by molar-refractivity contribution is -0.131. The average Bonchev–Trinajstić information content (AvgIpc) is 2.55. The molecule has 1 heterocycles. The van der Waals surface area contributed by atoms with Crippen molar-refractivity contribution in [3.63, 3.8) is 0 Å². The molecule has 1 atom stereocenters. The molecule has 70 valence electrons. The number of amides is 1. The van der Waals surface area contributed by atoms with Crippen molar-refractivity contribution in [3.05, 3.63) is 0 Å². The van der Waals surface area contributed by atoms with Crippen LogP contribution in [0.15, 0.2) is 0 Å². The number of hydrogen-bond acceptors (Lipinski definition) is 4. The molecule has 1 fully saturated rings. The molecule has 0 aromatic carbocycles. The predicted octanol–water partition coefficient (Wildman–Crippen LogP) is -0.805. The molecule has 0 aromatic heterocycles. The Morgan fingerprint density at radius 2 is 2.42 bits per heavy atom. The van der Waals surface area contributed by atoms with Crippen molar-refractivity contribution in [1.82, 2.24) is 4.90 Å². The van der Waals surface area contributed by atoms with Gasteiger partial charge < -0.3 is 16.4 Å². The van der Waals surface area contributed by atoms with E-state index in [0.29, 0.717) is 13.0 Å². The lowest BCUT2D eigenvalue weighted by atomic mass is 10.2. The van der Waals surface area contributed by atoms with E-state index in [2.05, 4.69) is 0 Å². The Hall–Kier alpha value is -0.260. The monoisotopic (exact) mass is 189 g/mol. The molecular formula is C7H15N3OS. The third-order valence-corrected chi connectivity index (χ3v) is 2.82. The Kier molecular flexibility index (Phi) is 3.84. The van der Waals surface area contributed by atoms with Crippen molar-refractivity contribution in [2.75, 3.05) is 24.7 Å². The summed E-state index contributed by atoms with van der Waals surface area (Å²) in [6.07, 6.45) is 0.583. The summed E-state index contributed by atoms with van der Waals surface area (Å²) >= 11 is 1.76. The second-order valence-corrected chi connectivity index (χ2v) is 3.90. The average molecular weight is 189 g/mol. The summed E-state index contributed by atoms with van der Waals surface area (Å²) in [7, 11) is 0. The van der Waals surface area contributed by atoms with Gasteiger partial charge in [0, 0.05) is 12.3 Å². The van der Waals surface area contributed by atoms with Gasteiger partial charge in [-0.1, -0.05) is 0 Å². The summed E-state index contributed by atoms with van der Waals surface area (Å²) in [6.45, 7) is 1.32. The topological polar surface area (TPSA) is 72.3 Å². The molecule has 1 aliphatic rings. The number of carbonyl (C=O) groups is 1. The van der Waals surface area contributed by atoms with Crippen molar-refractivity contribution in [2.24, 2.45) is 11.5 Å². The van der Waals surface area contributed by atoms with Crippen molar-refractivity contribution >= 4 is 17.7 Å². The van der Waals surface area contributed by atoms with Crippen LogP contribution >= 0.6 is 11.8 Å². The normalized spacial score (nSPS) is 19.7. The number of carbonyl (C=O) groups excluding carboxylic acids is 1. The fourth-order valence-corrected chi connectivity index (χ4v) is 2.08. The van der Waals surface area contributed by atoms with Gasteiger partial charge in [0.2, 0.25) is 5.91 Å². The number of thioether (sulfide) groups is 1. The van der Waals surface area contributed by atoms with Crippen LogP contribution in [0.2, 0.25) is 0 Å². The van der Waals surface area contributed by atoms with E-state index in [-0.39, 0.29) is 5.91 Å². The zero-order chi connectivity index (χ0) is 8.97. The highest BCUT2D eigenvalue weighted by atomic mass is 32.2. The highest BCUT2D eigenvalue weighted by Gasteiger charge is 2.22. The lowest BCUT2D eigenvalue weighted by Crippen LogP contribution is -2.43. The zero-order valence-corrected chi connectivity index (χ0v) is 7.85. The smallest absolute Gasteiger partial charge is 0.240 e. The minimum atomic E-state index is -0.395. The summed E-state index contributed by atoms with van der Waals surface area (Å²) < 4.78 is 0. The highest BCUT2D eigenvalue weighted by molar-refractivity contribution is 7.99. The van der Waals surface area contributed by atoms with E-state index in [1.807, 2.05) is 0 Å². The van der Waals surface area contributed by atoms with E-state index in [4.69, 9.17) is 11.5 Å². The third-order valence-electron chi connectivity index (χ3n) is 1.86. The molecule has 0 bridgehead atoms. The van der Waals surface area contributed by atoms with Crippen LogP contribution in [0.25, 0.3) is 0 Å². The Labute approximate surface area is 76.6 Å². The van der Waals surface area contributed by atoms with Gasteiger partial charge in [-0.2, -0.15) is 0 Å². The van der Waals surface area contributed by atoms with Gasteiger partial charge in [0.25, 0.3) is 0 Å². The maximum absolute atomic E-state index is 11.5. The molecule has 12 heavy (non-hydrogen) atoms. The molecule has 0 unspecified atom stereocenters. The third kappa shape index (κ3) is 2.36. The molecule has 0 spiro atoms. The van der Waals surface area contributed by atoms with E-state index >= 15 is 0 Å². The zero-order valence-electron chi connectivity index (χ0n) is 7.03. The first-order valence-corrected chi connectivity index (χ1v) is 5.23. The molecule has 4 N–H and O–H groups in total. The summed E-state index contributed by atoms with van der Waals surface area (Å²) in [5, 5.41) is 0. The molecule has 0 aliphatic carbocycles. The predicted molar refractivity (Wildman–Crippen MR) is 50.7 cm³/mol. The lowest BCUT2D eigenvalue weighted by Gasteiger charge is -2.18. The molecule has 0 aromatic rings.